The van der Waals surface area contributed by atoms with Crippen LogP contribution in [0.4, 0.5) is 0 Å². The highest BCUT2D eigenvalue weighted by Crippen LogP contribution is 2.44. The second kappa shape index (κ2) is 11.4. The number of nitrogens with zero attached hydrogens (tertiary/aromatic N) is 2. The molecule has 0 bridgehead atoms. The third-order valence-corrected chi connectivity index (χ3v) is 8.69. The van der Waals surface area contributed by atoms with Crippen molar-refractivity contribution in [2.75, 3.05) is 26.2 Å². The molecule has 0 unspecified atom stereocenters. The molecule has 0 saturated carbocycles. The van der Waals surface area contributed by atoms with Gasteiger partial charge in [0.25, 0.3) is 0 Å². The van der Waals surface area contributed by atoms with Gasteiger partial charge in [-0.25, -0.2) is 0 Å². The predicted octanol–water partition coefficient (Wildman–Crippen LogP) is 8.21. The molecule has 2 aliphatic rings. The summed E-state index contributed by atoms with van der Waals surface area (Å²) in [6, 6.07) is 14.7. The smallest absolute Gasteiger partial charge is 0.105 e. The molecular weight excluding hydrogens is 412 g/mol. The number of benzene rings is 2. The van der Waals surface area contributed by atoms with Gasteiger partial charge in [0.1, 0.15) is 26.2 Å². The minimum Gasteiger partial charge on any atom is -0.316 e. The molecular formula is C32H50N2+2. The van der Waals surface area contributed by atoms with E-state index in [0.29, 0.717) is 0 Å². The van der Waals surface area contributed by atoms with Gasteiger partial charge in [0.05, 0.1) is 26.2 Å². The molecule has 2 nitrogen and oxygen atoms in total. The van der Waals surface area contributed by atoms with E-state index in [1.807, 2.05) is 0 Å². The molecule has 2 aromatic carbocycles. The molecule has 186 valence electrons. The lowest BCUT2D eigenvalue weighted by Gasteiger charge is -2.40. The fourth-order valence-corrected chi connectivity index (χ4v) is 6.86. The summed E-state index contributed by atoms with van der Waals surface area (Å²) in [5, 5.41) is 0. The van der Waals surface area contributed by atoms with Crippen molar-refractivity contribution in [3.8, 4) is 11.1 Å². The highest BCUT2D eigenvalue weighted by molar-refractivity contribution is 5.77. The van der Waals surface area contributed by atoms with Crippen LogP contribution in [0, 0.1) is 0 Å². The van der Waals surface area contributed by atoms with E-state index in [-0.39, 0.29) is 0 Å². The van der Waals surface area contributed by atoms with Crippen molar-refractivity contribution < 1.29 is 8.97 Å². The molecule has 34 heavy (non-hydrogen) atoms. The fraction of sp³-hybridized carbons (Fsp3) is 0.625. The zero-order valence-corrected chi connectivity index (χ0v) is 22.7. The minimum absolute atomic E-state index is 1.21. The molecule has 4 rings (SSSR count). The van der Waals surface area contributed by atoms with Gasteiger partial charge in [0, 0.05) is 33.4 Å². The first-order valence-electron chi connectivity index (χ1n) is 14.5. The molecule has 2 heteroatoms. The Kier molecular flexibility index (Phi) is 8.53. The van der Waals surface area contributed by atoms with Gasteiger partial charge in [0.15, 0.2) is 0 Å². The highest BCUT2D eigenvalue weighted by Gasteiger charge is 2.39. The minimum atomic E-state index is 1.21. The quantitative estimate of drug-likeness (QED) is 0.279. The summed E-state index contributed by atoms with van der Waals surface area (Å²) < 4.78 is 2.50. The lowest BCUT2D eigenvalue weighted by atomic mass is 9.90. The van der Waals surface area contributed by atoms with Crippen LogP contribution in [0.5, 0.6) is 0 Å². The summed E-state index contributed by atoms with van der Waals surface area (Å²) in [5.74, 6) is 0. The van der Waals surface area contributed by atoms with Crippen LogP contribution >= 0.6 is 0 Å². The number of hydrogen-bond acceptors (Lipinski definition) is 0. The van der Waals surface area contributed by atoms with Crippen molar-refractivity contribution >= 4 is 0 Å². The Morgan fingerprint density at radius 3 is 0.971 bits per heavy atom. The summed E-state index contributed by atoms with van der Waals surface area (Å²) in [6.45, 7) is 19.5. The van der Waals surface area contributed by atoms with Gasteiger partial charge in [0.2, 0.25) is 0 Å². The number of unbranched alkanes of at least 4 members (excludes halogenated alkanes) is 4. The second-order valence-electron chi connectivity index (χ2n) is 11.5. The summed E-state index contributed by atoms with van der Waals surface area (Å²) >= 11 is 0. The van der Waals surface area contributed by atoms with Gasteiger partial charge in [-0.1, -0.05) is 89.8 Å². The van der Waals surface area contributed by atoms with E-state index in [1.54, 1.807) is 33.4 Å². The SMILES string of the molecule is CCCC[N+]1(CCCC)Cc2cccc3c2-c2c(cccc2C[N+](CCCC)(CCCC)C3)C1. The van der Waals surface area contributed by atoms with Crippen LogP contribution in [-0.2, 0) is 26.2 Å². The molecule has 0 atom stereocenters. The van der Waals surface area contributed by atoms with E-state index in [4.69, 9.17) is 0 Å². The number of hydrogen-bond donors (Lipinski definition) is 0. The van der Waals surface area contributed by atoms with Gasteiger partial charge < -0.3 is 8.97 Å². The Balaban J connectivity index is 1.86. The third-order valence-electron chi connectivity index (χ3n) is 8.69. The Morgan fingerprint density at radius 2 is 0.735 bits per heavy atom. The first-order valence-corrected chi connectivity index (χ1v) is 14.5. The highest BCUT2D eigenvalue weighted by atomic mass is 15.4. The van der Waals surface area contributed by atoms with Crippen molar-refractivity contribution in [2.24, 2.45) is 0 Å². The van der Waals surface area contributed by atoms with Crippen molar-refractivity contribution in [1.82, 2.24) is 0 Å². The normalized spacial score (nSPS) is 17.6. The molecule has 0 spiro atoms. The van der Waals surface area contributed by atoms with Crippen molar-refractivity contribution in [3.63, 3.8) is 0 Å². The van der Waals surface area contributed by atoms with E-state index >= 15 is 0 Å². The molecule has 0 aliphatic carbocycles. The predicted molar refractivity (Wildman–Crippen MR) is 146 cm³/mol. The summed E-state index contributed by atoms with van der Waals surface area (Å²) in [5.41, 5.74) is 9.77. The van der Waals surface area contributed by atoms with E-state index in [9.17, 15) is 0 Å². The third kappa shape index (κ3) is 5.29. The van der Waals surface area contributed by atoms with Crippen molar-refractivity contribution in [1.29, 1.82) is 0 Å². The van der Waals surface area contributed by atoms with Gasteiger partial charge >= 0.3 is 0 Å². The maximum atomic E-state index is 2.48. The van der Waals surface area contributed by atoms with E-state index < -0.39 is 0 Å². The zero-order valence-electron chi connectivity index (χ0n) is 22.7. The van der Waals surface area contributed by atoms with Crippen LogP contribution in [0.25, 0.3) is 11.1 Å². The van der Waals surface area contributed by atoms with Gasteiger partial charge in [-0.2, -0.15) is 0 Å². The Hall–Kier alpha value is -1.64. The van der Waals surface area contributed by atoms with Crippen LogP contribution in [0.1, 0.15) is 101 Å². The van der Waals surface area contributed by atoms with E-state index in [0.717, 1.165) is 0 Å². The molecule has 0 saturated heterocycles. The molecule has 0 fully saturated rings. The summed E-state index contributed by atoms with van der Waals surface area (Å²) in [4.78, 5) is 0. The first-order chi connectivity index (χ1) is 16.6. The van der Waals surface area contributed by atoms with E-state index in [2.05, 4.69) is 64.1 Å². The number of quaternary nitrogens is 2. The topological polar surface area (TPSA) is 0 Å². The lowest BCUT2D eigenvalue weighted by molar-refractivity contribution is -0.954. The van der Waals surface area contributed by atoms with Crippen molar-refractivity contribution in [3.05, 3.63) is 58.7 Å². The standard InChI is InChI=1S/C32H50N2/c1-5-9-19-33(20-10-6-2)23-27-15-13-17-29-25-34(21-11-7-3,22-12-8-4)26-30-18-14-16-28(24-33)32(30)31(27)29/h13-18H,5-12,19-26H2,1-4H3/q+2. The fourth-order valence-electron chi connectivity index (χ4n) is 6.86. The Labute approximate surface area is 210 Å². The lowest BCUT2D eigenvalue weighted by Crippen LogP contribution is -2.48. The first kappa shape index (κ1) is 25.5. The molecule has 0 N–H and O–H groups in total. The average molecular weight is 463 g/mol. The zero-order chi connectivity index (χ0) is 24.0. The van der Waals surface area contributed by atoms with Gasteiger partial charge in [-0.05, 0) is 25.7 Å². The van der Waals surface area contributed by atoms with Gasteiger partial charge in [-0.15, -0.1) is 0 Å². The van der Waals surface area contributed by atoms with Crippen LogP contribution in [0.15, 0.2) is 36.4 Å². The van der Waals surface area contributed by atoms with Crippen LogP contribution in [-0.4, -0.2) is 35.1 Å². The molecule has 2 aliphatic heterocycles. The van der Waals surface area contributed by atoms with Crippen molar-refractivity contribution in [2.45, 2.75) is 105 Å². The maximum Gasteiger partial charge on any atom is 0.105 e. The molecule has 0 amide bonds. The van der Waals surface area contributed by atoms with Crippen LogP contribution < -0.4 is 0 Å². The maximum absolute atomic E-state index is 2.48. The number of rotatable bonds is 12. The average Bonchev–Trinajstić information content (AvgIpc) is 3.09. The summed E-state index contributed by atoms with van der Waals surface area (Å²) in [6.07, 6.45) is 10.5. The Bertz CT molecular complexity index is 798. The second-order valence-corrected chi connectivity index (χ2v) is 11.5. The van der Waals surface area contributed by atoms with Gasteiger partial charge in [-0.3, -0.25) is 0 Å². The Morgan fingerprint density at radius 1 is 0.471 bits per heavy atom. The van der Waals surface area contributed by atoms with Crippen LogP contribution in [0.2, 0.25) is 0 Å². The largest absolute Gasteiger partial charge is 0.316 e. The monoisotopic (exact) mass is 462 g/mol. The van der Waals surface area contributed by atoms with Crippen LogP contribution in [0.3, 0.4) is 0 Å². The van der Waals surface area contributed by atoms with E-state index in [1.165, 1.54) is 113 Å². The molecule has 2 heterocycles. The molecule has 0 aromatic heterocycles. The summed E-state index contributed by atoms with van der Waals surface area (Å²) in [7, 11) is 0. The molecule has 2 aromatic rings. The molecule has 0 radical (unpaired) electrons.